The van der Waals surface area contributed by atoms with Crippen LogP contribution in [0.5, 0.6) is 0 Å². The molecule has 1 aromatic rings. The standard InChI is InChI=1S/C13H13F3N2O2/c14-13(15,16)9-1-3-10(4-2-9)17-12(20)18-7-5-11(19)6-8-18/h1-5,19H,6-8H2,(H,17,20). The molecular formula is C13H13F3N2O2. The highest BCUT2D eigenvalue weighted by atomic mass is 19.4. The minimum atomic E-state index is -4.39. The van der Waals surface area contributed by atoms with Gasteiger partial charge in [-0.3, -0.25) is 0 Å². The second kappa shape index (κ2) is 5.44. The number of carbonyl (C=O) groups excluding carboxylic acids is 1. The van der Waals surface area contributed by atoms with Gasteiger partial charge in [-0.1, -0.05) is 0 Å². The Morgan fingerprint density at radius 1 is 1.25 bits per heavy atom. The van der Waals surface area contributed by atoms with E-state index in [0.29, 0.717) is 18.7 Å². The summed E-state index contributed by atoms with van der Waals surface area (Å²) < 4.78 is 37.2. The molecule has 0 spiro atoms. The number of hydrogen-bond donors (Lipinski definition) is 2. The van der Waals surface area contributed by atoms with Gasteiger partial charge in [-0.05, 0) is 30.3 Å². The molecule has 2 amide bonds. The third kappa shape index (κ3) is 3.43. The van der Waals surface area contributed by atoms with Crippen molar-refractivity contribution in [1.29, 1.82) is 0 Å². The number of nitrogens with one attached hydrogen (secondary N) is 1. The maximum absolute atomic E-state index is 12.4. The van der Waals surface area contributed by atoms with Crippen molar-refractivity contribution in [3.05, 3.63) is 41.7 Å². The molecule has 2 rings (SSSR count). The minimum Gasteiger partial charge on any atom is -0.513 e. The number of benzene rings is 1. The molecule has 0 unspecified atom stereocenters. The molecule has 0 saturated heterocycles. The van der Waals surface area contributed by atoms with Gasteiger partial charge in [-0.2, -0.15) is 13.2 Å². The number of rotatable bonds is 1. The van der Waals surface area contributed by atoms with Gasteiger partial charge in [0.1, 0.15) is 0 Å². The monoisotopic (exact) mass is 286 g/mol. The predicted octanol–water partition coefficient (Wildman–Crippen LogP) is 3.38. The summed E-state index contributed by atoms with van der Waals surface area (Å²) in [6, 6.07) is 3.83. The lowest BCUT2D eigenvalue weighted by Gasteiger charge is -2.24. The van der Waals surface area contributed by atoms with Crippen molar-refractivity contribution >= 4 is 11.7 Å². The molecule has 0 saturated carbocycles. The quantitative estimate of drug-likeness (QED) is 0.831. The number of amides is 2. The topological polar surface area (TPSA) is 52.6 Å². The van der Waals surface area contributed by atoms with Gasteiger partial charge >= 0.3 is 12.2 Å². The van der Waals surface area contributed by atoms with Crippen LogP contribution in [0.4, 0.5) is 23.7 Å². The van der Waals surface area contributed by atoms with E-state index in [1.54, 1.807) is 0 Å². The summed E-state index contributed by atoms with van der Waals surface area (Å²) >= 11 is 0. The van der Waals surface area contributed by atoms with Crippen molar-refractivity contribution in [3.63, 3.8) is 0 Å². The summed E-state index contributed by atoms with van der Waals surface area (Å²) in [6.07, 6.45) is -2.49. The van der Waals surface area contributed by atoms with E-state index in [0.717, 1.165) is 12.1 Å². The molecule has 4 nitrogen and oxygen atoms in total. The normalized spacial score (nSPS) is 15.8. The minimum absolute atomic E-state index is 0.239. The van der Waals surface area contributed by atoms with Gasteiger partial charge in [0.2, 0.25) is 0 Å². The van der Waals surface area contributed by atoms with Gasteiger partial charge in [0.25, 0.3) is 0 Å². The van der Waals surface area contributed by atoms with Gasteiger partial charge in [-0.15, -0.1) is 0 Å². The highest BCUT2D eigenvalue weighted by Crippen LogP contribution is 2.29. The SMILES string of the molecule is O=C(Nc1ccc(C(F)(F)F)cc1)N1CC=C(O)CC1. The zero-order valence-corrected chi connectivity index (χ0v) is 10.4. The molecule has 0 bridgehead atoms. The Balaban J connectivity index is 1.98. The molecule has 2 N–H and O–H groups in total. The van der Waals surface area contributed by atoms with Gasteiger partial charge in [0, 0.05) is 25.2 Å². The Hall–Kier alpha value is -2.18. The molecule has 7 heteroatoms. The van der Waals surface area contributed by atoms with Crippen LogP contribution < -0.4 is 5.32 Å². The van der Waals surface area contributed by atoms with Crippen LogP contribution in [-0.4, -0.2) is 29.1 Å². The first-order valence-electron chi connectivity index (χ1n) is 5.97. The number of carbonyl (C=O) groups is 1. The Bertz CT molecular complexity index is 523. The number of halogens is 3. The second-order valence-electron chi connectivity index (χ2n) is 4.40. The summed E-state index contributed by atoms with van der Waals surface area (Å²) in [5.41, 5.74) is -0.469. The molecule has 0 aromatic heterocycles. The number of aliphatic hydroxyl groups excluding tert-OH is 1. The molecule has 1 aromatic carbocycles. The van der Waals surface area contributed by atoms with Gasteiger partial charge in [0.05, 0.1) is 11.3 Å². The molecule has 0 aliphatic carbocycles. The molecule has 108 valence electrons. The van der Waals surface area contributed by atoms with E-state index in [4.69, 9.17) is 0 Å². The van der Waals surface area contributed by atoms with Crippen molar-refractivity contribution in [2.45, 2.75) is 12.6 Å². The Morgan fingerprint density at radius 2 is 1.90 bits per heavy atom. The predicted molar refractivity (Wildman–Crippen MR) is 67.4 cm³/mol. The molecule has 20 heavy (non-hydrogen) atoms. The lowest BCUT2D eigenvalue weighted by molar-refractivity contribution is -0.137. The van der Waals surface area contributed by atoms with E-state index in [9.17, 15) is 23.1 Å². The molecule has 1 aliphatic heterocycles. The Morgan fingerprint density at radius 3 is 2.40 bits per heavy atom. The van der Waals surface area contributed by atoms with Crippen molar-refractivity contribution in [1.82, 2.24) is 4.90 Å². The van der Waals surface area contributed by atoms with Crippen LogP contribution in [0.2, 0.25) is 0 Å². The second-order valence-corrected chi connectivity index (χ2v) is 4.40. The van der Waals surface area contributed by atoms with Crippen LogP contribution >= 0.6 is 0 Å². The van der Waals surface area contributed by atoms with E-state index in [-0.39, 0.29) is 12.3 Å². The number of urea groups is 1. The van der Waals surface area contributed by atoms with Crippen molar-refractivity contribution < 1.29 is 23.1 Å². The van der Waals surface area contributed by atoms with E-state index >= 15 is 0 Å². The fraction of sp³-hybridized carbons (Fsp3) is 0.308. The zero-order chi connectivity index (χ0) is 14.8. The van der Waals surface area contributed by atoms with Crippen molar-refractivity contribution in [2.24, 2.45) is 0 Å². The smallest absolute Gasteiger partial charge is 0.416 e. The van der Waals surface area contributed by atoms with E-state index in [1.807, 2.05) is 0 Å². The summed E-state index contributed by atoms with van der Waals surface area (Å²) in [5.74, 6) is 0.239. The van der Waals surface area contributed by atoms with Gasteiger partial charge < -0.3 is 15.3 Å². The van der Waals surface area contributed by atoms with Crippen LogP contribution in [-0.2, 0) is 6.18 Å². The maximum atomic E-state index is 12.4. The largest absolute Gasteiger partial charge is 0.513 e. The summed E-state index contributed by atoms with van der Waals surface area (Å²) in [5, 5.41) is 11.7. The number of nitrogens with zero attached hydrogens (tertiary/aromatic N) is 1. The van der Waals surface area contributed by atoms with E-state index in [1.165, 1.54) is 23.1 Å². The maximum Gasteiger partial charge on any atom is 0.416 e. The number of aliphatic hydroxyl groups is 1. The first-order chi connectivity index (χ1) is 9.36. The molecule has 0 atom stereocenters. The van der Waals surface area contributed by atoms with Crippen LogP contribution in [0.1, 0.15) is 12.0 Å². The highest BCUT2D eigenvalue weighted by Gasteiger charge is 2.30. The van der Waals surface area contributed by atoms with E-state index < -0.39 is 17.8 Å². The van der Waals surface area contributed by atoms with Crippen molar-refractivity contribution in [2.75, 3.05) is 18.4 Å². The number of anilines is 1. The third-order valence-electron chi connectivity index (χ3n) is 2.94. The molecule has 1 aliphatic rings. The zero-order valence-electron chi connectivity index (χ0n) is 10.4. The summed E-state index contributed by atoms with van der Waals surface area (Å²) in [7, 11) is 0. The Labute approximate surface area is 113 Å². The number of alkyl halides is 3. The Kier molecular flexibility index (Phi) is 3.87. The lowest BCUT2D eigenvalue weighted by Crippen LogP contribution is -2.38. The van der Waals surface area contributed by atoms with Crippen LogP contribution in [0.25, 0.3) is 0 Å². The van der Waals surface area contributed by atoms with Gasteiger partial charge in [-0.25, -0.2) is 4.79 Å². The summed E-state index contributed by atoms with van der Waals surface area (Å²) in [6.45, 7) is 0.646. The van der Waals surface area contributed by atoms with Crippen LogP contribution in [0.15, 0.2) is 36.1 Å². The first-order valence-corrected chi connectivity index (χ1v) is 5.97. The molecular weight excluding hydrogens is 273 g/mol. The lowest BCUT2D eigenvalue weighted by atomic mass is 10.2. The van der Waals surface area contributed by atoms with Gasteiger partial charge in [0.15, 0.2) is 0 Å². The van der Waals surface area contributed by atoms with Crippen LogP contribution in [0.3, 0.4) is 0 Å². The van der Waals surface area contributed by atoms with Crippen LogP contribution in [0, 0.1) is 0 Å². The molecule has 0 fully saturated rings. The number of hydrogen-bond acceptors (Lipinski definition) is 2. The first kappa shape index (κ1) is 14.2. The summed E-state index contributed by atoms with van der Waals surface area (Å²) in [4.78, 5) is 13.3. The van der Waals surface area contributed by atoms with E-state index in [2.05, 4.69) is 5.32 Å². The fourth-order valence-corrected chi connectivity index (χ4v) is 1.79. The highest BCUT2D eigenvalue weighted by molar-refractivity contribution is 5.89. The average Bonchev–Trinajstić information content (AvgIpc) is 2.39. The molecule has 0 radical (unpaired) electrons. The van der Waals surface area contributed by atoms with Crippen molar-refractivity contribution in [3.8, 4) is 0 Å². The fourth-order valence-electron chi connectivity index (χ4n) is 1.79. The average molecular weight is 286 g/mol. The third-order valence-corrected chi connectivity index (χ3v) is 2.94. The molecule has 1 heterocycles.